The molecule has 0 bridgehead atoms. The summed E-state index contributed by atoms with van der Waals surface area (Å²) in [5.74, 6) is 2.50. The normalized spacial score (nSPS) is 22.6. The van der Waals surface area contributed by atoms with Gasteiger partial charge in [0.25, 0.3) is 0 Å². The summed E-state index contributed by atoms with van der Waals surface area (Å²) in [6, 6.07) is 0.574. The average Bonchev–Trinajstić information content (AvgIpc) is 3.14. The molecule has 2 fully saturated rings. The van der Waals surface area contributed by atoms with Crippen LogP contribution in [0.2, 0.25) is 0 Å². The van der Waals surface area contributed by atoms with Crippen LogP contribution in [-0.4, -0.2) is 19.9 Å². The van der Waals surface area contributed by atoms with Gasteiger partial charge in [-0.2, -0.15) is 0 Å². The number of aliphatic hydroxyl groups excluding tert-OH is 1. The highest BCUT2D eigenvalue weighted by Crippen LogP contribution is 2.40. The van der Waals surface area contributed by atoms with Gasteiger partial charge < -0.3 is 9.67 Å². The zero-order valence-corrected chi connectivity index (χ0v) is 10.3. The Balaban J connectivity index is 1.87. The van der Waals surface area contributed by atoms with Crippen LogP contribution in [0.5, 0.6) is 0 Å². The minimum atomic E-state index is 0.0240. The molecule has 2 aliphatic carbocycles. The number of aliphatic hydroxyl groups is 1. The Morgan fingerprint density at radius 2 is 1.71 bits per heavy atom. The van der Waals surface area contributed by atoms with Gasteiger partial charge in [-0.25, -0.2) is 0 Å². The second-order valence-corrected chi connectivity index (χ2v) is 5.42. The van der Waals surface area contributed by atoms with Crippen LogP contribution in [0.25, 0.3) is 0 Å². The van der Waals surface area contributed by atoms with E-state index in [1.54, 1.807) is 0 Å². The fourth-order valence-corrected chi connectivity index (χ4v) is 2.99. The van der Waals surface area contributed by atoms with Crippen LogP contribution in [0.15, 0.2) is 0 Å². The molecule has 1 aromatic heterocycles. The van der Waals surface area contributed by atoms with Gasteiger partial charge in [0, 0.05) is 12.0 Å². The van der Waals surface area contributed by atoms with Crippen molar-refractivity contribution < 1.29 is 5.11 Å². The number of aromatic nitrogens is 3. The monoisotopic (exact) mass is 235 g/mol. The van der Waals surface area contributed by atoms with Gasteiger partial charge in [-0.1, -0.05) is 25.7 Å². The molecule has 4 heteroatoms. The lowest BCUT2D eigenvalue weighted by Crippen LogP contribution is -2.10. The number of rotatable bonds is 3. The smallest absolute Gasteiger partial charge is 0.159 e. The molecule has 0 aliphatic heterocycles. The van der Waals surface area contributed by atoms with Crippen molar-refractivity contribution in [3.05, 3.63) is 11.6 Å². The lowest BCUT2D eigenvalue weighted by molar-refractivity contribution is 0.263. The van der Waals surface area contributed by atoms with Crippen LogP contribution in [0.1, 0.15) is 75.0 Å². The van der Waals surface area contributed by atoms with E-state index in [2.05, 4.69) is 14.8 Å². The lowest BCUT2D eigenvalue weighted by Gasteiger charge is -2.15. The molecule has 1 N–H and O–H groups in total. The first-order chi connectivity index (χ1) is 8.40. The SMILES string of the molecule is OCc1nnc(C2CCCCCC2)n1C1CC1. The fourth-order valence-electron chi connectivity index (χ4n) is 2.99. The molecular formula is C13H21N3O. The Morgan fingerprint density at radius 1 is 1.00 bits per heavy atom. The Kier molecular flexibility index (Phi) is 3.14. The van der Waals surface area contributed by atoms with Gasteiger partial charge in [0.1, 0.15) is 12.4 Å². The van der Waals surface area contributed by atoms with Gasteiger partial charge in [0.15, 0.2) is 5.82 Å². The average molecular weight is 235 g/mol. The van der Waals surface area contributed by atoms with E-state index in [-0.39, 0.29) is 6.61 Å². The maximum atomic E-state index is 9.34. The van der Waals surface area contributed by atoms with Crippen LogP contribution >= 0.6 is 0 Å². The predicted molar refractivity (Wildman–Crippen MR) is 64.7 cm³/mol. The summed E-state index contributed by atoms with van der Waals surface area (Å²) in [4.78, 5) is 0. The van der Waals surface area contributed by atoms with Crippen molar-refractivity contribution in [1.29, 1.82) is 0 Å². The summed E-state index contributed by atoms with van der Waals surface area (Å²) in [6.07, 6.45) is 10.3. The molecule has 0 unspecified atom stereocenters. The first-order valence-electron chi connectivity index (χ1n) is 6.94. The second kappa shape index (κ2) is 4.77. The molecule has 0 atom stereocenters. The van der Waals surface area contributed by atoms with E-state index >= 15 is 0 Å². The molecule has 3 rings (SSSR count). The third kappa shape index (κ3) is 2.23. The molecule has 0 saturated heterocycles. The predicted octanol–water partition coefficient (Wildman–Crippen LogP) is 2.54. The maximum Gasteiger partial charge on any atom is 0.159 e. The maximum absolute atomic E-state index is 9.34. The summed E-state index contributed by atoms with van der Waals surface area (Å²) >= 11 is 0. The Hall–Kier alpha value is -0.900. The topological polar surface area (TPSA) is 50.9 Å². The molecule has 94 valence electrons. The highest BCUT2D eigenvalue weighted by molar-refractivity contribution is 5.07. The van der Waals surface area contributed by atoms with Crippen molar-refractivity contribution in [3.8, 4) is 0 Å². The van der Waals surface area contributed by atoms with Crippen LogP contribution in [0.4, 0.5) is 0 Å². The van der Waals surface area contributed by atoms with E-state index in [0.717, 1.165) is 11.6 Å². The van der Waals surface area contributed by atoms with Crippen molar-refractivity contribution in [2.24, 2.45) is 0 Å². The van der Waals surface area contributed by atoms with Gasteiger partial charge in [-0.15, -0.1) is 10.2 Å². The van der Waals surface area contributed by atoms with Gasteiger partial charge >= 0.3 is 0 Å². The number of hydrogen-bond donors (Lipinski definition) is 1. The van der Waals surface area contributed by atoms with Crippen molar-refractivity contribution in [2.75, 3.05) is 0 Å². The van der Waals surface area contributed by atoms with Gasteiger partial charge in [-0.3, -0.25) is 0 Å². The number of nitrogens with zero attached hydrogens (tertiary/aromatic N) is 3. The molecule has 0 amide bonds. The third-order valence-corrected chi connectivity index (χ3v) is 4.07. The van der Waals surface area contributed by atoms with E-state index < -0.39 is 0 Å². The Morgan fingerprint density at radius 3 is 2.29 bits per heavy atom. The molecule has 0 spiro atoms. The molecule has 0 aromatic carbocycles. The van der Waals surface area contributed by atoms with Crippen LogP contribution in [-0.2, 0) is 6.61 Å². The van der Waals surface area contributed by atoms with Crippen LogP contribution in [0, 0.1) is 0 Å². The third-order valence-electron chi connectivity index (χ3n) is 4.07. The van der Waals surface area contributed by atoms with E-state index in [1.807, 2.05) is 0 Å². The standard InChI is InChI=1S/C13H21N3O/c17-9-12-14-15-13(16(12)11-7-8-11)10-5-3-1-2-4-6-10/h10-11,17H,1-9H2. The summed E-state index contributed by atoms with van der Waals surface area (Å²) in [5, 5.41) is 17.9. The largest absolute Gasteiger partial charge is 0.388 e. The van der Waals surface area contributed by atoms with Crippen molar-refractivity contribution >= 4 is 0 Å². The molecule has 17 heavy (non-hydrogen) atoms. The molecule has 1 aromatic rings. The Labute approximate surface area is 102 Å². The molecule has 4 nitrogen and oxygen atoms in total. The summed E-state index contributed by atoms with van der Waals surface area (Å²) in [5.41, 5.74) is 0. The zero-order chi connectivity index (χ0) is 11.7. The zero-order valence-electron chi connectivity index (χ0n) is 10.3. The van der Waals surface area contributed by atoms with Crippen LogP contribution < -0.4 is 0 Å². The van der Waals surface area contributed by atoms with Crippen molar-refractivity contribution in [2.45, 2.75) is 69.9 Å². The molecule has 1 heterocycles. The fraction of sp³-hybridized carbons (Fsp3) is 0.846. The van der Waals surface area contributed by atoms with Crippen LogP contribution in [0.3, 0.4) is 0 Å². The van der Waals surface area contributed by atoms with Gasteiger partial charge in [-0.05, 0) is 25.7 Å². The van der Waals surface area contributed by atoms with Crippen molar-refractivity contribution in [1.82, 2.24) is 14.8 Å². The van der Waals surface area contributed by atoms with E-state index in [4.69, 9.17) is 0 Å². The van der Waals surface area contributed by atoms with Gasteiger partial charge in [0.2, 0.25) is 0 Å². The highest BCUT2D eigenvalue weighted by Gasteiger charge is 2.31. The summed E-state index contributed by atoms with van der Waals surface area (Å²) in [6.45, 7) is 0.0240. The summed E-state index contributed by atoms with van der Waals surface area (Å²) < 4.78 is 2.23. The minimum Gasteiger partial charge on any atom is -0.388 e. The first-order valence-corrected chi connectivity index (χ1v) is 6.94. The van der Waals surface area contributed by atoms with E-state index in [1.165, 1.54) is 51.4 Å². The lowest BCUT2D eigenvalue weighted by atomic mass is 9.99. The Bertz CT molecular complexity index is 376. The summed E-state index contributed by atoms with van der Waals surface area (Å²) in [7, 11) is 0. The van der Waals surface area contributed by atoms with Crippen molar-refractivity contribution in [3.63, 3.8) is 0 Å². The number of hydrogen-bond acceptors (Lipinski definition) is 3. The molecule has 0 radical (unpaired) electrons. The molecule has 2 saturated carbocycles. The first kappa shape index (κ1) is 11.2. The molecular weight excluding hydrogens is 214 g/mol. The quantitative estimate of drug-likeness (QED) is 0.819. The molecule has 2 aliphatic rings. The minimum absolute atomic E-state index is 0.0240. The van der Waals surface area contributed by atoms with Gasteiger partial charge in [0.05, 0.1) is 0 Å². The second-order valence-electron chi connectivity index (χ2n) is 5.42. The van der Waals surface area contributed by atoms with E-state index in [0.29, 0.717) is 12.0 Å². The highest BCUT2D eigenvalue weighted by atomic mass is 16.3. The van der Waals surface area contributed by atoms with E-state index in [9.17, 15) is 5.11 Å².